The van der Waals surface area contributed by atoms with Gasteiger partial charge in [0.1, 0.15) is 0 Å². The van der Waals surface area contributed by atoms with Gasteiger partial charge >= 0.3 is 0 Å². The Morgan fingerprint density at radius 1 is 1.14 bits per heavy atom. The molecule has 36 heavy (non-hydrogen) atoms. The van der Waals surface area contributed by atoms with Crippen LogP contribution in [0.1, 0.15) is 76.9 Å². The molecule has 1 aromatic heterocycles. The van der Waals surface area contributed by atoms with Crippen molar-refractivity contribution in [3.05, 3.63) is 115 Å². The molecular weight excluding hydrogens is 480 g/mol. The molecule has 3 aromatic rings. The number of rotatable bonds is 7. The number of allylic oxidation sites excluding steroid dienone is 2. The van der Waals surface area contributed by atoms with Crippen LogP contribution in [0.4, 0.5) is 0 Å². The van der Waals surface area contributed by atoms with Crippen LogP contribution in [-0.2, 0) is 19.3 Å². The van der Waals surface area contributed by atoms with Gasteiger partial charge in [-0.15, -0.1) is 12.6 Å². The topological polar surface area (TPSA) is 36.7 Å². The molecule has 1 atom stereocenters. The number of aryl methyl sites for hydroxylation is 2. The van der Waals surface area contributed by atoms with E-state index in [1.165, 1.54) is 27.9 Å². The third-order valence-corrected chi connectivity index (χ3v) is 8.54. The number of fused-ring (bicyclic) bond motifs is 2. The third kappa shape index (κ3) is 5.10. The second kappa shape index (κ2) is 10.4. The quantitative estimate of drug-likeness (QED) is 0.241. The Hall–Kier alpha value is -2.62. The summed E-state index contributed by atoms with van der Waals surface area (Å²) in [6, 6.07) is 16.9. The van der Waals surface area contributed by atoms with Gasteiger partial charge in [-0.1, -0.05) is 67.6 Å². The lowest BCUT2D eigenvalue weighted by molar-refractivity contribution is 0.721. The normalized spacial score (nSPS) is 17.5. The van der Waals surface area contributed by atoms with Crippen LogP contribution in [0.15, 0.2) is 65.6 Å². The molecule has 184 valence electrons. The van der Waals surface area contributed by atoms with E-state index in [0.29, 0.717) is 22.6 Å². The van der Waals surface area contributed by atoms with E-state index in [1.54, 1.807) is 0 Å². The second-order valence-corrected chi connectivity index (χ2v) is 11.2. The molecule has 0 aliphatic heterocycles. The van der Waals surface area contributed by atoms with Gasteiger partial charge in [0.05, 0.1) is 10.7 Å². The predicted octanol–water partition coefficient (Wildman–Crippen LogP) is 8.53. The summed E-state index contributed by atoms with van der Waals surface area (Å²) >= 11 is 11.5. The van der Waals surface area contributed by atoms with E-state index in [2.05, 4.69) is 43.8 Å². The minimum Gasteiger partial charge on any atom is -0.300 e. The molecule has 0 bridgehead atoms. The lowest BCUT2D eigenvalue weighted by atomic mass is 9.93. The maximum atomic E-state index is 9.09. The van der Waals surface area contributed by atoms with Crippen LogP contribution in [0.2, 0.25) is 5.02 Å². The predicted molar refractivity (Wildman–Crippen MR) is 156 cm³/mol. The smallest absolute Gasteiger partial charge is 0.0669 e. The first-order valence-corrected chi connectivity index (χ1v) is 13.7. The number of thiol groups is 1. The van der Waals surface area contributed by atoms with Crippen LogP contribution in [-0.4, -0.2) is 10.7 Å². The lowest BCUT2D eigenvalue weighted by Crippen LogP contribution is -2.11. The molecule has 5 rings (SSSR count). The van der Waals surface area contributed by atoms with Gasteiger partial charge in [0.25, 0.3) is 0 Å². The number of halogens is 1. The highest BCUT2D eigenvalue weighted by Crippen LogP contribution is 2.42. The average molecular weight is 513 g/mol. The maximum Gasteiger partial charge on any atom is 0.0669 e. The van der Waals surface area contributed by atoms with Crippen molar-refractivity contribution >= 4 is 36.0 Å². The van der Waals surface area contributed by atoms with Crippen molar-refractivity contribution in [2.24, 2.45) is 5.92 Å². The summed E-state index contributed by atoms with van der Waals surface area (Å²) in [5.74, 6) is 0.840. The van der Waals surface area contributed by atoms with Crippen molar-refractivity contribution in [1.82, 2.24) is 4.98 Å². The summed E-state index contributed by atoms with van der Waals surface area (Å²) < 4.78 is 0. The summed E-state index contributed by atoms with van der Waals surface area (Å²) in [5, 5.41) is 9.72. The zero-order valence-electron chi connectivity index (χ0n) is 21.1. The fraction of sp³-hybridized carbons (Fsp3) is 0.312. The molecule has 1 N–H and O–H groups in total. The van der Waals surface area contributed by atoms with Crippen LogP contribution >= 0.6 is 24.2 Å². The fourth-order valence-electron chi connectivity index (χ4n) is 5.37. The Kier molecular flexibility index (Phi) is 7.23. The molecule has 0 radical (unpaired) electrons. The number of nitrogens with one attached hydrogen (secondary N) is 1. The van der Waals surface area contributed by atoms with Crippen molar-refractivity contribution in [2.45, 2.75) is 58.3 Å². The summed E-state index contributed by atoms with van der Waals surface area (Å²) in [6.07, 6.45) is 7.66. The molecule has 2 nitrogen and oxygen atoms in total. The van der Waals surface area contributed by atoms with Crippen LogP contribution < -0.4 is 0 Å². The van der Waals surface area contributed by atoms with Gasteiger partial charge in [-0.2, -0.15) is 0 Å². The number of hydrogen-bond acceptors (Lipinski definition) is 3. The van der Waals surface area contributed by atoms with Gasteiger partial charge in [-0.05, 0) is 102 Å². The summed E-state index contributed by atoms with van der Waals surface area (Å²) in [5.41, 5.74) is 10.9. The molecule has 4 heteroatoms. The zero-order valence-corrected chi connectivity index (χ0v) is 22.7. The molecule has 1 saturated carbocycles. The summed E-state index contributed by atoms with van der Waals surface area (Å²) in [4.78, 5) is 6.23. The van der Waals surface area contributed by atoms with Gasteiger partial charge in [-0.25, -0.2) is 0 Å². The molecule has 0 amide bonds. The van der Waals surface area contributed by atoms with Crippen molar-refractivity contribution in [2.75, 3.05) is 0 Å². The van der Waals surface area contributed by atoms with Gasteiger partial charge in [0, 0.05) is 22.9 Å². The first kappa shape index (κ1) is 25.0. The van der Waals surface area contributed by atoms with Gasteiger partial charge in [-0.3, -0.25) is 10.4 Å². The van der Waals surface area contributed by atoms with Gasteiger partial charge in [0.15, 0.2) is 0 Å². The minimum atomic E-state index is 0.363. The number of aromatic nitrogens is 1. The number of hydrogen-bond donors (Lipinski definition) is 2. The molecule has 2 aromatic carbocycles. The van der Waals surface area contributed by atoms with Crippen molar-refractivity contribution in [3.8, 4) is 0 Å². The Morgan fingerprint density at radius 3 is 2.64 bits per heavy atom. The number of benzene rings is 2. The van der Waals surface area contributed by atoms with E-state index in [1.807, 2.05) is 31.2 Å². The van der Waals surface area contributed by atoms with Gasteiger partial charge < -0.3 is 0 Å². The molecule has 2 aliphatic rings. The molecule has 0 unspecified atom stereocenters. The fourth-order valence-corrected chi connectivity index (χ4v) is 6.16. The lowest BCUT2D eigenvalue weighted by Gasteiger charge is -2.17. The molecule has 0 spiro atoms. The van der Waals surface area contributed by atoms with E-state index in [9.17, 15) is 0 Å². The Labute approximate surface area is 225 Å². The highest BCUT2D eigenvalue weighted by atomic mass is 35.5. The van der Waals surface area contributed by atoms with Crippen molar-refractivity contribution < 1.29 is 0 Å². The molecule has 0 saturated heterocycles. The van der Waals surface area contributed by atoms with Crippen LogP contribution in [0, 0.1) is 18.3 Å². The second-order valence-electron chi connectivity index (χ2n) is 10.3. The first-order valence-electron chi connectivity index (χ1n) is 12.8. The Morgan fingerprint density at radius 2 is 1.92 bits per heavy atom. The standard InChI is InChI=1S/C32H33ClN2S/c1-4-21-8-9-23-16-20(3)31-24(18-25(23)17-21)12-13-26(35-31)14-15-27(32(36)22-10-11-22)30(34)29-19(2)6-5-7-28(29)33/h4-9,12-13,17,20,22,34,36H,1,10-11,14-16,18H2,2-3H3/b32-27-,34-30?/t20-/m0/s1. The largest absolute Gasteiger partial charge is 0.300 e. The number of nitrogens with zero attached hydrogens (tertiary/aromatic N) is 1. The Bertz CT molecular complexity index is 1360. The highest BCUT2D eigenvalue weighted by molar-refractivity contribution is 7.84. The summed E-state index contributed by atoms with van der Waals surface area (Å²) in [6.45, 7) is 8.24. The number of pyridine rings is 1. The maximum absolute atomic E-state index is 9.09. The highest BCUT2D eigenvalue weighted by Gasteiger charge is 2.29. The molecular formula is C32H33ClN2S. The van der Waals surface area contributed by atoms with Gasteiger partial charge in [0.2, 0.25) is 0 Å². The summed E-state index contributed by atoms with van der Waals surface area (Å²) in [7, 11) is 0. The van der Waals surface area contributed by atoms with Crippen molar-refractivity contribution in [1.29, 1.82) is 5.41 Å². The van der Waals surface area contributed by atoms with Crippen molar-refractivity contribution in [3.63, 3.8) is 0 Å². The van der Waals surface area contributed by atoms with E-state index >= 15 is 0 Å². The monoisotopic (exact) mass is 512 g/mol. The van der Waals surface area contributed by atoms with Crippen LogP contribution in [0.25, 0.3) is 6.08 Å². The van der Waals surface area contributed by atoms with Crippen LogP contribution in [0.3, 0.4) is 0 Å². The van der Waals surface area contributed by atoms with E-state index in [4.69, 9.17) is 34.6 Å². The zero-order chi connectivity index (χ0) is 25.4. The average Bonchev–Trinajstić information content (AvgIpc) is 3.71. The Balaban J connectivity index is 1.41. The molecule has 1 heterocycles. The van der Waals surface area contributed by atoms with E-state index in [0.717, 1.165) is 65.8 Å². The van der Waals surface area contributed by atoms with Crippen LogP contribution in [0.5, 0.6) is 0 Å². The minimum absolute atomic E-state index is 0.363. The molecule has 1 fully saturated rings. The first-order chi connectivity index (χ1) is 17.4. The third-order valence-electron chi connectivity index (χ3n) is 7.59. The van der Waals surface area contributed by atoms with E-state index in [-0.39, 0.29) is 0 Å². The molecule has 2 aliphatic carbocycles. The van der Waals surface area contributed by atoms with E-state index < -0.39 is 0 Å². The SMILES string of the molecule is C=Cc1ccc2c(c1)Cc1ccc(CC/C(C(=N)c3c(C)cccc3Cl)=C(/S)C3CC3)nc1[C@@H](C)C2.